The summed E-state index contributed by atoms with van der Waals surface area (Å²) in [6.45, 7) is 0. The lowest BCUT2D eigenvalue weighted by Crippen LogP contribution is -2.33. The molecule has 0 bridgehead atoms. The van der Waals surface area contributed by atoms with Gasteiger partial charge in [0.1, 0.15) is 22.1 Å². The summed E-state index contributed by atoms with van der Waals surface area (Å²) in [5.41, 5.74) is 0. The summed E-state index contributed by atoms with van der Waals surface area (Å²) in [6.07, 6.45) is 2.40. The van der Waals surface area contributed by atoms with Gasteiger partial charge in [-0.1, -0.05) is 22.7 Å². The summed E-state index contributed by atoms with van der Waals surface area (Å²) >= 11 is 2.44. The number of unbranched alkanes of at least 4 members (excludes halogenated alkanes) is 1. The average Bonchev–Trinajstić information content (AvgIpc) is 3.56. The first-order valence-electron chi connectivity index (χ1n) is 10.7. The zero-order chi connectivity index (χ0) is 25.7. The van der Waals surface area contributed by atoms with Crippen molar-refractivity contribution in [3.63, 3.8) is 0 Å². The Balaban J connectivity index is 1.13. The monoisotopic (exact) mass is 536 g/mol. The minimum atomic E-state index is -0.907. The zero-order valence-corrected chi connectivity index (χ0v) is 20.1. The highest BCUT2D eigenvalue weighted by atomic mass is 32.1. The van der Waals surface area contributed by atoms with Crippen LogP contribution in [0.3, 0.4) is 0 Å². The molecule has 0 aliphatic carbocycles. The lowest BCUT2D eigenvalue weighted by molar-refractivity contribution is -0.124. The number of amides is 8. The van der Waals surface area contributed by atoms with Crippen LogP contribution < -0.4 is 31.9 Å². The summed E-state index contributed by atoms with van der Waals surface area (Å²) < 4.78 is 0. The first-order chi connectivity index (χ1) is 17.2. The molecule has 0 spiro atoms. The van der Waals surface area contributed by atoms with E-state index in [9.17, 15) is 28.8 Å². The van der Waals surface area contributed by atoms with Gasteiger partial charge < -0.3 is 21.3 Å². The number of carbonyl (C=O) groups is 6. The van der Waals surface area contributed by atoms with Gasteiger partial charge >= 0.3 is 12.1 Å². The molecule has 8 amide bonds. The number of hydrogen-bond donors (Lipinski definition) is 6. The van der Waals surface area contributed by atoms with E-state index in [4.69, 9.17) is 0 Å². The maximum absolute atomic E-state index is 12.1. The summed E-state index contributed by atoms with van der Waals surface area (Å²) in [4.78, 5) is 69.3. The van der Waals surface area contributed by atoms with Crippen molar-refractivity contribution in [2.24, 2.45) is 0 Å². The Morgan fingerprint density at radius 1 is 0.694 bits per heavy atom. The Hall–Kier alpha value is -4.06. The highest BCUT2D eigenvalue weighted by Crippen LogP contribution is 2.20. The maximum Gasteiger partial charge on any atom is 0.322 e. The second-order valence-electron chi connectivity index (χ2n) is 7.74. The quantitative estimate of drug-likeness (QED) is 0.152. The van der Waals surface area contributed by atoms with Gasteiger partial charge in [0.25, 0.3) is 11.8 Å². The number of hydrogen-bond acceptors (Lipinski definition) is 12. The van der Waals surface area contributed by atoms with Crippen molar-refractivity contribution in [1.82, 2.24) is 41.7 Å². The summed E-state index contributed by atoms with van der Waals surface area (Å²) in [6, 6.07) is -3.07. The van der Waals surface area contributed by atoms with Crippen molar-refractivity contribution >= 4 is 68.6 Å². The van der Waals surface area contributed by atoms with E-state index >= 15 is 0 Å². The molecule has 2 aromatic heterocycles. The minimum absolute atomic E-state index is 0.205. The van der Waals surface area contributed by atoms with Gasteiger partial charge in [-0.25, -0.2) is 9.59 Å². The number of aryl methyl sites for hydroxylation is 2. The summed E-state index contributed by atoms with van der Waals surface area (Å²) in [5, 5.41) is 31.9. The molecule has 4 rings (SSSR count). The van der Waals surface area contributed by atoms with Crippen LogP contribution in [0.15, 0.2) is 0 Å². The molecule has 2 aromatic rings. The second kappa shape index (κ2) is 11.1. The third-order valence-electron chi connectivity index (χ3n) is 4.95. The van der Waals surface area contributed by atoms with Gasteiger partial charge in [-0.3, -0.25) is 29.8 Å². The van der Waals surface area contributed by atoms with Gasteiger partial charge in [-0.15, -0.1) is 20.4 Å². The van der Waals surface area contributed by atoms with Crippen LogP contribution in [0, 0.1) is 0 Å². The van der Waals surface area contributed by atoms with E-state index in [-0.39, 0.29) is 12.8 Å². The van der Waals surface area contributed by atoms with Gasteiger partial charge in [0, 0.05) is 12.8 Å². The number of anilines is 2. The second-order valence-corrected chi connectivity index (χ2v) is 9.87. The summed E-state index contributed by atoms with van der Waals surface area (Å²) in [5.74, 6) is -2.02. The van der Waals surface area contributed by atoms with Crippen LogP contribution >= 0.6 is 22.7 Å². The Morgan fingerprint density at radius 3 is 1.47 bits per heavy atom. The molecule has 36 heavy (non-hydrogen) atoms. The van der Waals surface area contributed by atoms with Gasteiger partial charge in [0.2, 0.25) is 22.1 Å². The third-order valence-corrected chi connectivity index (χ3v) is 6.75. The van der Waals surface area contributed by atoms with Crippen LogP contribution in [-0.4, -0.2) is 68.2 Å². The van der Waals surface area contributed by atoms with Crippen molar-refractivity contribution in [2.75, 3.05) is 10.6 Å². The molecule has 190 valence electrons. The SMILES string of the molecule is O=C(CC1NC(=O)NC1=O)Nc1nnc(CCCCc2nnc(NC(=O)CC3NC(=O)NC3=O)s2)s1. The van der Waals surface area contributed by atoms with E-state index in [0.717, 1.165) is 22.9 Å². The number of nitrogens with zero attached hydrogens (tertiary/aromatic N) is 4. The molecule has 0 radical (unpaired) electrons. The zero-order valence-electron chi connectivity index (χ0n) is 18.5. The molecule has 2 atom stereocenters. The van der Waals surface area contributed by atoms with Crippen LogP contribution in [0.25, 0.3) is 0 Å². The molecule has 2 saturated heterocycles. The predicted octanol–water partition coefficient (Wildman–Crippen LogP) is -0.972. The molecule has 0 aromatic carbocycles. The minimum Gasteiger partial charge on any atom is -0.325 e. The summed E-state index contributed by atoms with van der Waals surface area (Å²) in [7, 11) is 0. The Labute approximate surface area is 210 Å². The van der Waals surface area contributed by atoms with E-state index in [1.54, 1.807) is 0 Å². The number of imide groups is 2. The van der Waals surface area contributed by atoms with E-state index in [1.807, 2.05) is 0 Å². The number of carbonyl (C=O) groups excluding carboxylic acids is 6. The van der Waals surface area contributed by atoms with Crippen molar-refractivity contribution in [2.45, 2.75) is 50.6 Å². The number of urea groups is 2. The standard InChI is InChI=1S/C18H20N10O6S2/c29-9(5-7-13(31)23-15(33)19-7)21-17-27-25-11(35-17)3-1-2-4-12-26-28-18(36-12)22-10(30)6-8-14(32)24-16(34)20-8/h7-8H,1-6H2,(H,21,27,29)(H,22,28,30)(H2,19,23,31,33)(H2,20,24,32,34). The fourth-order valence-corrected chi connectivity index (χ4v) is 4.87. The number of rotatable bonds is 11. The molecule has 2 aliphatic rings. The first kappa shape index (κ1) is 25.0. The van der Waals surface area contributed by atoms with Crippen LogP contribution in [0.4, 0.5) is 19.9 Å². The average molecular weight is 537 g/mol. The predicted molar refractivity (Wildman–Crippen MR) is 124 cm³/mol. The van der Waals surface area contributed by atoms with Gasteiger partial charge in [0.15, 0.2) is 0 Å². The number of aromatic nitrogens is 4. The van der Waals surface area contributed by atoms with Crippen LogP contribution in [-0.2, 0) is 32.0 Å². The van der Waals surface area contributed by atoms with Crippen molar-refractivity contribution in [3.05, 3.63) is 10.0 Å². The lowest BCUT2D eigenvalue weighted by atomic mass is 10.2. The first-order valence-corrected chi connectivity index (χ1v) is 12.4. The number of nitrogens with one attached hydrogen (secondary N) is 6. The molecule has 0 saturated carbocycles. The van der Waals surface area contributed by atoms with Crippen LogP contribution in [0.2, 0.25) is 0 Å². The fraction of sp³-hybridized carbons (Fsp3) is 0.444. The molecule has 6 N–H and O–H groups in total. The molecule has 2 fully saturated rings. The highest BCUT2D eigenvalue weighted by molar-refractivity contribution is 7.15. The molecule has 2 aliphatic heterocycles. The molecular formula is C18H20N10O6S2. The van der Waals surface area contributed by atoms with Crippen molar-refractivity contribution in [1.29, 1.82) is 0 Å². The molecule has 2 unspecified atom stereocenters. The largest absolute Gasteiger partial charge is 0.325 e. The van der Waals surface area contributed by atoms with Gasteiger partial charge in [-0.2, -0.15) is 0 Å². The third kappa shape index (κ3) is 6.75. The Morgan fingerprint density at radius 2 is 1.11 bits per heavy atom. The Bertz CT molecular complexity index is 1120. The topological polar surface area (TPSA) is 226 Å². The normalized spacial score (nSPS) is 18.9. The highest BCUT2D eigenvalue weighted by Gasteiger charge is 2.32. The molecular weight excluding hydrogens is 516 g/mol. The van der Waals surface area contributed by atoms with Crippen molar-refractivity contribution < 1.29 is 28.8 Å². The van der Waals surface area contributed by atoms with E-state index in [1.165, 1.54) is 22.7 Å². The van der Waals surface area contributed by atoms with E-state index < -0.39 is 47.8 Å². The van der Waals surface area contributed by atoms with Crippen molar-refractivity contribution in [3.8, 4) is 0 Å². The van der Waals surface area contributed by atoms with E-state index in [0.29, 0.717) is 23.1 Å². The molecule has 18 heteroatoms. The smallest absolute Gasteiger partial charge is 0.322 e. The molecule has 4 heterocycles. The molecule has 16 nitrogen and oxygen atoms in total. The Kier molecular flexibility index (Phi) is 7.74. The maximum atomic E-state index is 12.1. The fourth-order valence-electron chi connectivity index (χ4n) is 3.28. The lowest BCUT2D eigenvalue weighted by Gasteiger charge is -2.05. The van der Waals surface area contributed by atoms with Crippen LogP contribution in [0.1, 0.15) is 35.7 Å². The van der Waals surface area contributed by atoms with Crippen LogP contribution in [0.5, 0.6) is 0 Å². The van der Waals surface area contributed by atoms with E-state index in [2.05, 4.69) is 52.3 Å². The van der Waals surface area contributed by atoms with Gasteiger partial charge in [-0.05, 0) is 12.8 Å². The van der Waals surface area contributed by atoms with Gasteiger partial charge in [0.05, 0.1) is 12.8 Å².